The van der Waals surface area contributed by atoms with Gasteiger partial charge in [0.2, 0.25) is 0 Å². The molecule has 0 saturated carbocycles. The molecule has 0 atom stereocenters. The van der Waals surface area contributed by atoms with Gasteiger partial charge in [-0.15, -0.1) is 12.6 Å². The minimum Gasteiger partial charge on any atom is -0.307 e. The zero-order valence-electron chi connectivity index (χ0n) is 9.22. The number of thiol groups is 1. The SMILES string of the molecule is O=C(Nc1cc(Cl)ccn1)Nc1ccccc1S. The maximum atomic E-state index is 11.7. The highest BCUT2D eigenvalue weighted by Crippen LogP contribution is 2.19. The number of hydrogen-bond acceptors (Lipinski definition) is 3. The number of carbonyl (C=O) groups excluding carboxylic acids is 1. The van der Waals surface area contributed by atoms with Crippen LogP contribution in [-0.4, -0.2) is 11.0 Å². The lowest BCUT2D eigenvalue weighted by Crippen LogP contribution is -2.20. The number of para-hydroxylation sites is 1. The molecular formula is C12H10ClN3OS. The summed E-state index contributed by atoms with van der Waals surface area (Å²) in [5.74, 6) is 0.386. The van der Waals surface area contributed by atoms with E-state index >= 15 is 0 Å². The number of rotatable bonds is 2. The van der Waals surface area contributed by atoms with E-state index in [9.17, 15) is 4.79 Å². The van der Waals surface area contributed by atoms with Gasteiger partial charge in [0.1, 0.15) is 5.82 Å². The highest BCUT2D eigenvalue weighted by atomic mass is 35.5. The number of hydrogen-bond donors (Lipinski definition) is 3. The number of carbonyl (C=O) groups is 1. The van der Waals surface area contributed by atoms with Gasteiger partial charge in [-0.05, 0) is 24.3 Å². The van der Waals surface area contributed by atoms with Crippen molar-refractivity contribution in [2.45, 2.75) is 4.90 Å². The molecule has 1 aromatic carbocycles. The van der Waals surface area contributed by atoms with Gasteiger partial charge in [0, 0.05) is 16.1 Å². The van der Waals surface area contributed by atoms with E-state index in [0.717, 1.165) is 0 Å². The van der Waals surface area contributed by atoms with Crippen molar-refractivity contribution in [2.75, 3.05) is 10.6 Å². The number of urea groups is 1. The maximum Gasteiger partial charge on any atom is 0.324 e. The third-order valence-corrected chi connectivity index (χ3v) is 2.74. The third-order valence-electron chi connectivity index (χ3n) is 2.12. The smallest absolute Gasteiger partial charge is 0.307 e. The van der Waals surface area contributed by atoms with E-state index in [1.807, 2.05) is 12.1 Å². The number of aromatic nitrogens is 1. The average Bonchev–Trinajstić information content (AvgIpc) is 2.32. The van der Waals surface area contributed by atoms with Crippen molar-refractivity contribution in [3.05, 3.63) is 47.6 Å². The molecule has 0 fully saturated rings. The van der Waals surface area contributed by atoms with Crippen LogP contribution in [0.25, 0.3) is 0 Å². The van der Waals surface area contributed by atoms with Gasteiger partial charge in [-0.1, -0.05) is 23.7 Å². The Labute approximate surface area is 115 Å². The summed E-state index contributed by atoms with van der Waals surface area (Å²) < 4.78 is 0. The lowest BCUT2D eigenvalue weighted by molar-refractivity contribution is 0.262. The van der Waals surface area contributed by atoms with Crippen molar-refractivity contribution in [1.29, 1.82) is 0 Å². The lowest BCUT2D eigenvalue weighted by Gasteiger charge is -2.08. The molecule has 18 heavy (non-hydrogen) atoms. The Kier molecular flexibility index (Phi) is 4.07. The quantitative estimate of drug-likeness (QED) is 0.735. The molecule has 6 heteroatoms. The van der Waals surface area contributed by atoms with Gasteiger partial charge in [-0.2, -0.15) is 0 Å². The minimum absolute atomic E-state index is 0.386. The molecule has 0 aliphatic heterocycles. The molecular weight excluding hydrogens is 270 g/mol. The van der Waals surface area contributed by atoms with Crippen molar-refractivity contribution in [3.8, 4) is 0 Å². The molecule has 2 amide bonds. The van der Waals surface area contributed by atoms with Crippen LogP contribution in [0.2, 0.25) is 5.02 Å². The standard InChI is InChI=1S/C12H10ClN3OS/c13-8-5-6-14-11(7-8)16-12(17)15-9-3-1-2-4-10(9)18/h1-7,18H,(H2,14,15,16,17). The summed E-state index contributed by atoms with van der Waals surface area (Å²) in [5.41, 5.74) is 0.625. The van der Waals surface area contributed by atoms with Crippen molar-refractivity contribution in [3.63, 3.8) is 0 Å². The van der Waals surface area contributed by atoms with E-state index in [4.69, 9.17) is 11.6 Å². The Hall–Kier alpha value is -1.72. The molecule has 0 spiro atoms. The van der Waals surface area contributed by atoms with Crippen LogP contribution in [0.4, 0.5) is 16.3 Å². The van der Waals surface area contributed by atoms with Crippen LogP contribution < -0.4 is 10.6 Å². The minimum atomic E-state index is -0.397. The van der Waals surface area contributed by atoms with Gasteiger partial charge < -0.3 is 5.32 Å². The summed E-state index contributed by atoms with van der Waals surface area (Å²) in [6.07, 6.45) is 1.52. The number of amides is 2. The van der Waals surface area contributed by atoms with Crippen LogP contribution in [0.1, 0.15) is 0 Å². The monoisotopic (exact) mass is 279 g/mol. The average molecular weight is 280 g/mol. The number of anilines is 2. The van der Waals surface area contributed by atoms with Crippen molar-refractivity contribution in [1.82, 2.24) is 4.98 Å². The normalized spacial score (nSPS) is 9.89. The number of nitrogens with zero attached hydrogens (tertiary/aromatic N) is 1. The zero-order valence-corrected chi connectivity index (χ0v) is 10.9. The van der Waals surface area contributed by atoms with E-state index in [2.05, 4.69) is 28.2 Å². The van der Waals surface area contributed by atoms with Crippen LogP contribution in [0, 0.1) is 0 Å². The van der Waals surface area contributed by atoms with Gasteiger partial charge in [0.05, 0.1) is 5.69 Å². The van der Waals surface area contributed by atoms with Gasteiger partial charge in [-0.25, -0.2) is 9.78 Å². The second-order valence-electron chi connectivity index (χ2n) is 3.46. The maximum absolute atomic E-state index is 11.7. The molecule has 2 aromatic rings. The molecule has 1 heterocycles. The first-order chi connectivity index (χ1) is 8.65. The predicted octanol–water partition coefficient (Wildman–Crippen LogP) is 3.67. The molecule has 1 aromatic heterocycles. The second kappa shape index (κ2) is 5.75. The van der Waals surface area contributed by atoms with E-state index in [1.54, 1.807) is 24.3 Å². The summed E-state index contributed by atoms with van der Waals surface area (Å²) in [7, 11) is 0. The van der Waals surface area contributed by atoms with Gasteiger partial charge >= 0.3 is 6.03 Å². The molecule has 0 radical (unpaired) electrons. The number of benzene rings is 1. The zero-order chi connectivity index (χ0) is 13.0. The largest absolute Gasteiger partial charge is 0.324 e. The van der Waals surface area contributed by atoms with Gasteiger partial charge in [0.15, 0.2) is 0 Å². The first-order valence-corrected chi connectivity index (χ1v) is 5.95. The van der Waals surface area contributed by atoms with E-state index in [1.165, 1.54) is 6.20 Å². The lowest BCUT2D eigenvalue weighted by atomic mass is 10.3. The van der Waals surface area contributed by atoms with Crippen LogP contribution in [-0.2, 0) is 0 Å². The highest BCUT2D eigenvalue weighted by Gasteiger charge is 2.05. The first kappa shape index (κ1) is 12.7. The van der Waals surface area contributed by atoms with E-state index in [-0.39, 0.29) is 0 Å². The second-order valence-corrected chi connectivity index (χ2v) is 4.37. The fraction of sp³-hybridized carbons (Fsp3) is 0. The molecule has 92 valence electrons. The fourth-order valence-electron chi connectivity index (χ4n) is 1.32. The molecule has 2 N–H and O–H groups in total. The van der Waals surface area contributed by atoms with Crippen molar-refractivity contribution < 1.29 is 4.79 Å². The van der Waals surface area contributed by atoms with Crippen LogP contribution in [0.3, 0.4) is 0 Å². The summed E-state index contributed by atoms with van der Waals surface area (Å²) in [4.78, 5) is 16.4. The number of halogens is 1. The fourth-order valence-corrected chi connectivity index (χ4v) is 1.70. The van der Waals surface area contributed by atoms with E-state index < -0.39 is 6.03 Å². The summed E-state index contributed by atoms with van der Waals surface area (Å²) in [6.45, 7) is 0. The molecule has 0 saturated heterocycles. The Morgan fingerprint density at radius 1 is 1.22 bits per heavy atom. The molecule has 0 bridgehead atoms. The number of pyridine rings is 1. The summed E-state index contributed by atoms with van der Waals surface area (Å²) >= 11 is 10.0. The predicted molar refractivity (Wildman–Crippen MR) is 75.6 cm³/mol. The van der Waals surface area contributed by atoms with Crippen LogP contribution in [0.5, 0.6) is 0 Å². The summed E-state index contributed by atoms with van der Waals surface area (Å²) in [5, 5.41) is 5.76. The Balaban J connectivity index is 2.03. The third kappa shape index (κ3) is 3.38. The van der Waals surface area contributed by atoms with Crippen molar-refractivity contribution >= 4 is 41.8 Å². The first-order valence-electron chi connectivity index (χ1n) is 5.13. The number of nitrogens with one attached hydrogen (secondary N) is 2. The van der Waals surface area contributed by atoms with E-state index in [0.29, 0.717) is 21.4 Å². The topological polar surface area (TPSA) is 54.0 Å². The molecule has 0 unspecified atom stereocenters. The Morgan fingerprint density at radius 2 is 2.00 bits per heavy atom. The molecule has 2 rings (SSSR count). The molecule has 4 nitrogen and oxygen atoms in total. The Morgan fingerprint density at radius 3 is 2.72 bits per heavy atom. The molecule has 0 aliphatic carbocycles. The van der Waals surface area contributed by atoms with Gasteiger partial charge in [-0.3, -0.25) is 5.32 Å². The van der Waals surface area contributed by atoms with Crippen LogP contribution in [0.15, 0.2) is 47.5 Å². The highest BCUT2D eigenvalue weighted by molar-refractivity contribution is 7.80. The van der Waals surface area contributed by atoms with Crippen molar-refractivity contribution in [2.24, 2.45) is 0 Å². The van der Waals surface area contributed by atoms with Gasteiger partial charge in [0.25, 0.3) is 0 Å². The van der Waals surface area contributed by atoms with Crippen LogP contribution >= 0.6 is 24.2 Å². The summed E-state index contributed by atoms with van der Waals surface area (Å²) in [6, 6.07) is 9.99. The molecule has 0 aliphatic rings. The Bertz CT molecular complexity index is 577.